The third-order valence-electron chi connectivity index (χ3n) is 4.21. The standard InChI is InChI=1S/C14H25NO/c1-10(2)14(16)5-6-15-9-13-8-11-3-4-12(13)7-11/h3-4,10-16H,5-9H2,1-2H3. The predicted molar refractivity (Wildman–Crippen MR) is 67.2 cm³/mol. The second-order valence-corrected chi connectivity index (χ2v) is 5.84. The van der Waals surface area contributed by atoms with E-state index in [2.05, 4.69) is 31.3 Å². The van der Waals surface area contributed by atoms with Gasteiger partial charge in [0.2, 0.25) is 0 Å². The van der Waals surface area contributed by atoms with Crippen molar-refractivity contribution in [3.63, 3.8) is 0 Å². The highest BCUT2D eigenvalue weighted by molar-refractivity contribution is 5.10. The molecule has 2 aliphatic carbocycles. The molecule has 92 valence electrons. The Morgan fingerprint density at radius 2 is 2.12 bits per heavy atom. The van der Waals surface area contributed by atoms with Crippen LogP contribution in [0.1, 0.15) is 33.1 Å². The maximum Gasteiger partial charge on any atom is 0.0575 e. The minimum absolute atomic E-state index is 0.146. The van der Waals surface area contributed by atoms with Gasteiger partial charge in [0.05, 0.1) is 6.10 Å². The van der Waals surface area contributed by atoms with Crippen LogP contribution in [0.3, 0.4) is 0 Å². The quantitative estimate of drug-likeness (QED) is 0.534. The Hall–Kier alpha value is -0.340. The maximum absolute atomic E-state index is 9.67. The second-order valence-electron chi connectivity index (χ2n) is 5.84. The summed E-state index contributed by atoms with van der Waals surface area (Å²) in [6, 6.07) is 0. The molecule has 2 bridgehead atoms. The highest BCUT2D eigenvalue weighted by Crippen LogP contribution is 2.42. The van der Waals surface area contributed by atoms with Crippen LogP contribution < -0.4 is 5.32 Å². The zero-order valence-electron chi connectivity index (χ0n) is 10.5. The lowest BCUT2D eigenvalue weighted by Gasteiger charge is -2.20. The van der Waals surface area contributed by atoms with Crippen LogP contribution in [0.5, 0.6) is 0 Å². The molecule has 2 nitrogen and oxygen atoms in total. The molecule has 2 N–H and O–H groups in total. The molecule has 2 heteroatoms. The molecule has 2 rings (SSSR count). The lowest BCUT2D eigenvalue weighted by atomic mass is 9.93. The smallest absolute Gasteiger partial charge is 0.0575 e. The Kier molecular flexibility index (Phi) is 4.04. The molecule has 2 aliphatic rings. The van der Waals surface area contributed by atoms with Crippen molar-refractivity contribution in [3.8, 4) is 0 Å². The van der Waals surface area contributed by atoms with E-state index in [0.29, 0.717) is 5.92 Å². The first-order valence-corrected chi connectivity index (χ1v) is 6.74. The van der Waals surface area contributed by atoms with Gasteiger partial charge in [0.1, 0.15) is 0 Å². The third-order valence-corrected chi connectivity index (χ3v) is 4.21. The van der Waals surface area contributed by atoms with E-state index < -0.39 is 0 Å². The average Bonchev–Trinajstić information content (AvgIpc) is 2.85. The molecular formula is C14H25NO. The van der Waals surface area contributed by atoms with Gasteiger partial charge in [-0.25, -0.2) is 0 Å². The summed E-state index contributed by atoms with van der Waals surface area (Å²) < 4.78 is 0. The number of allylic oxidation sites excluding steroid dienone is 2. The van der Waals surface area contributed by atoms with Crippen molar-refractivity contribution in [1.29, 1.82) is 0 Å². The van der Waals surface area contributed by atoms with Gasteiger partial charge < -0.3 is 10.4 Å². The summed E-state index contributed by atoms with van der Waals surface area (Å²) in [7, 11) is 0. The Morgan fingerprint density at radius 3 is 2.69 bits per heavy atom. The van der Waals surface area contributed by atoms with E-state index in [1.807, 2.05) is 0 Å². The number of hydrogen-bond acceptors (Lipinski definition) is 2. The van der Waals surface area contributed by atoms with Gasteiger partial charge in [-0.2, -0.15) is 0 Å². The Balaban J connectivity index is 1.57. The molecule has 0 radical (unpaired) electrons. The highest BCUT2D eigenvalue weighted by Gasteiger charge is 2.34. The first-order valence-electron chi connectivity index (χ1n) is 6.74. The molecule has 0 aliphatic heterocycles. The zero-order chi connectivity index (χ0) is 11.5. The number of aliphatic hydroxyl groups is 1. The van der Waals surface area contributed by atoms with Gasteiger partial charge >= 0.3 is 0 Å². The van der Waals surface area contributed by atoms with Crippen molar-refractivity contribution in [2.45, 2.75) is 39.2 Å². The third kappa shape index (κ3) is 2.86. The molecule has 4 atom stereocenters. The summed E-state index contributed by atoms with van der Waals surface area (Å²) in [5.74, 6) is 2.95. The number of fused-ring (bicyclic) bond motifs is 2. The lowest BCUT2D eigenvalue weighted by molar-refractivity contribution is 0.115. The van der Waals surface area contributed by atoms with Crippen LogP contribution in [-0.4, -0.2) is 24.3 Å². The van der Waals surface area contributed by atoms with Crippen molar-refractivity contribution < 1.29 is 5.11 Å². The van der Waals surface area contributed by atoms with Gasteiger partial charge in [0.25, 0.3) is 0 Å². The Bertz CT molecular complexity index is 249. The molecule has 16 heavy (non-hydrogen) atoms. The van der Waals surface area contributed by atoms with Crippen molar-refractivity contribution in [2.75, 3.05) is 13.1 Å². The first-order chi connectivity index (χ1) is 7.66. The largest absolute Gasteiger partial charge is 0.393 e. The lowest BCUT2D eigenvalue weighted by Crippen LogP contribution is -2.29. The fraction of sp³-hybridized carbons (Fsp3) is 0.857. The van der Waals surface area contributed by atoms with Crippen LogP contribution in [0.4, 0.5) is 0 Å². The topological polar surface area (TPSA) is 32.3 Å². The average molecular weight is 223 g/mol. The maximum atomic E-state index is 9.67. The highest BCUT2D eigenvalue weighted by atomic mass is 16.3. The van der Waals surface area contributed by atoms with Crippen LogP contribution in [0.25, 0.3) is 0 Å². The first kappa shape index (κ1) is 12.1. The fourth-order valence-electron chi connectivity index (χ4n) is 3.00. The summed E-state index contributed by atoms with van der Waals surface area (Å²) in [6.45, 7) is 6.24. The van der Waals surface area contributed by atoms with E-state index in [-0.39, 0.29) is 6.10 Å². The summed E-state index contributed by atoms with van der Waals surface area (Å²) in [4.78, 5) is 0. The molecule has 0 spiro atoms. The van der Waals surface area contributed by atoms with E-state index in [0.717, 1.165) is 37.3 Å². The molecule has 1 fully saturated rings. The van der Waals surface area contributed by atoms with E-state index >= 15 is 0 Å². The molecule has 1 saturated carbocycles. The van der Waals surface area contributed by atoms with Gasteiger partial charge in [-0.15, -0.1) is 0 Å². The normalized spacial score (nSPS) is 33.9. The Morgan fingerprint density at radius 1 is 1.31 bits per heavy atom. The van der Waals surface area contributed by atoms with Crippen LogP contribution in [0, 0.1) is 23.7 Å². The number of nitrogens with one attached hydrogen (secondary N) is 1. The van der Waals surface area contributed by atoms with Gasteiger partial charge in [-0.1, -0.05) is 26.0 Å². The molecule has 0 aromatic carbocycles. The van der Waals surface area contributed by atoms with E-state index in [1.165, 1.54) is 12.8 Å². The van der Waals surface area contributed by atoms with Gasteiger partial charge in [0.15, 0.2) is 0 Å². The monoisotopic (exact) mass is 223 g/mol. The molecule has 0 heterocycles. The number of aliphatic hydroxyl groups excluding tert-OH is 1. The minimum Gasteiger partial charge on any atom is -0.393 e. The molecule has 0 aromatic heterocycles. The second kappa shape index (κ2) is 5.33. The molecular weight excluding hydrogens is 198 g/mol. The van der Waals surface area contributed by atoms with Crippen LogP contribution in [0.2, 0.25) is 0 Å². The predicted octanol–water partition coefficient (Wildman–Crippen LogP) is 2.20. The van der Waals surface area contributed by atoms with Crippen LogP contribution >= 0.6 is 0 Å². The van der Waals surface area contributed by atoms with Gasteiger partial charge in [0, 0.05) is 0 Å². The molecule has 4 unspecified atom stereocenters. The zero-order valence-corrected chi connectivity index (χ0v) is 10.5. The SMILES string of the molecule is CC(C)C(O)CCNCC1CC2C=CC1C2. The summed E-state index contributed by atoms with van der Waals surface area (Å²) in [5.41, 5.74) is 0. The van der Waals surface area contributed by atoms with Crippen molar-refractivity contribution >= 4 is 0 Å². The Labute approximate surface area is 99.1 Å². The summed E-state index contributed by atoms with van der Waals surface area (Å²) >= 11 is 0. The van der Waals surface area contributed by atoms with Crippen molar-refractivity contribution in [1.82, 2.24) is 5.32 Å². The van der Waals surface area contributed by atoms with Crippen LogP contribution in [-0.2, 0) is 0 Å². The van der Waals surface area contributed by atoms with Crippen molar-refractivity contribution in [3.05, 3.63) is 12.2 Å². The van der Waals surface area contributed by atoms with Gasteiger partial charge in [-0.3, -0.25) is 0 Å². The fourth-order valence-corrected chi connectivity index (χ4v) is 3.00. The molecule has 0 amide bonds. The van der Waals surface area contributed by atoms with Gasteiger partial charge in [-0.05, 0) is 56.0 Å². The molecule has 0 aromatic rings. The summed E-state index contributed by atoms with van der Waals surface area (Å²) in [6.07, 6.45) is 8.30. The molecule has 0 saturated heterocycles. The van der Waals surface area contributed by atoms with E-state index in [1.54, 1.807) is 0 Å². The van der Waals surface area contributed by atoms with E-state index in [4.69, 9.17) is 0 Å². The van der Waals surface area contributed by atoms with Crippen molar-refractivity contribution in [2.24, 2.45) is 23.7 Å². The van der Waals surface area contributed by atoms with E-state index in [9.17, 15) is 5.11 Å². The van der Waals surface area contributed by atoms with Crippen LogP contribution in [0.15, 0.2) is 12.2 Å². The minimum atomic E-state index is -0.146. The number of rotatable bonds is 6. The summed E-state index contributed by atoms with van der Waals surface area (Å²) in [5, 5.41) is 13.2. The number of hydrogen-bond donors (Lipinski definition) is 2.